The van der Waals surface area contributed by atoms with E-state index in [-0.39, 0.29) is 23.5 Å². The summed E-state index contributed by atoms with van der Waals surface area (Å²) >= 11 is 2.88. The molecule has 0 atom stereocenters. The van der Waals surface area contributed by atoms with E-state index >= 15 is 0 Å². The van der Waals surface area contributed by atoms with Crippen molar-refractivity contribution in [3.63, 3.8) is 0 Å². The van der Waals surface area contributed by atoms with Gasteiger partial charge in [-0.15, -0.1) is 21.5 Å². The molecule has 2 aliphatic heterocycles. The van der Waals surface area contributed by atoms with Crippen molar-refractivity contribution in [2.45, 2.75) is 23.5 Å². The van der Waals surface area contributed by atoms with Crippen LogP contribution in [0.5, 0.6) is 0 Å². The number of aromatic nitrogens is 3. The molecule has 13 heteroatoms. The third-order valence-corrected chi connectivity index (χ3v) is 8.63. The van der Waals surface area contributed by atoms with Gasteiger partial charge in [0.2, 0.25) is 11.8 Å². The fourth-order valence-electron chi connectivity index (χ4n) is 4.71. The number of thioether (sulfide) groups is 1. The van der Waals surface area contributed by atoms with Crippen molar-refractivity contribution in [3.8, 4) is 10.7 Å². The standard InChI is InChI=1S/C24H29N7O4S2/c1-29-20(18-5-3-15-36-18)27-28-23(29)37-16-19(32)26-24(6-8-25-9-7-24)22(34)31-12-10-30(11-13-31)21(33)17-4-2-14-35-17/h2-5,14-15,25H,6-13,16H2,1H3,(H,26,32). The number of thiophene rings is 1. The topological polar surface area (TPSA) is 126 Å². The van der Waals surface area contributed by atoms with Crippen molar-refractivity contribution in [2.24, 2.45) is 7.05 Å². The lowest BCUT2D eigenvalue weighted by Gasteiger charge is -2.43. The highest BCUT2D eigenvalue weighted by Gasteiger charge is 2.44. The van der Waals surface area contributed by atoms with Crippen LogP contribution in [-0.2, 0) is 16.6 Å². The SMILES string of the molecule is Cn1c(SCC(=O)NC2(C(=O)N3CCN(C(=O)c4ccco4)CC3)CCNCC2)nnc1-c1cccs1. The van der Waals surface area contributed by atoms with E-state index in [2.05, 4.69) is 20.8 Å². The molecular weight excluding hydrogens is 514 g/mol. The molecule has 0 saturated carbocycles. The van der Waals surface area contributed by atoms with E-state index in [4.69, 9.17) is 4.42 Å². The monoisotopic (exact) mass is 543 g/mol. The molecule has 3 aromatic rings. The van der Waals surface area contributed by atoms with Gasteiger partial charge >= 0.3 is 0 Å². The molecule has 5 rings (SSSR count). The van der Waals surface area contributed by atoms with Gasteiger partial charge in [-0.1, -0.05) is 17.8 Å². The molecule has 0 aliphatic carbocycles. The fourth-order valence-corrected chi connectivity index (χ4v) is 6.17. The van der Waals surface area contributed by atoms with Gasteiger partial charge in [-0.2, -0.15) is 0 Å². The van der Waals surface area contributed by atoms with E-state index in [9.17, 15) is 14.4 Å². The van der Waals surface area contributed by atoms with Crippen LogP contribution in [0, 0.1) is 0 Å². The van der Waals surface area contributed by atoms with E-state index in [1.54, 1.807) is 33.3 Å². The van der Waals surface area contributed by atoms with Crippen molar-refractivity contribution in [2.75, 3.05) is 45.0 Å². The first-order valence-corrected chi connectivity index (χ1v) is 14.0. The molecule has 3 aromatic heterocycles. The minimum absolute atomic E-state index is 0.0870. The number of nitrogens with zero attached hydrogens (tertiary/aromatic N) is 5. The Balaban J connectivity index is 1.20. The summed E-state index contributed by atoms with van der Waals surface area (Å²) in [7, 11) is 1.88. The Labute approximate surface area is 222 Å². The molecule has 2 fully saturated rings. The van der Waals surface area contributed by atoms with Crippen molar-refractivity contribution >= 4 is 40.8 Å². The summed E-state index contributed by atoms with van der Waals surface area (Å²) in [5.74, 6) is 0.704. The van der Waals surface area contributed by atoms with Gasteiger partial charge in [-0.05, 0) is 49.5 Å². The Morgan fingerprint density at radius 3 is 2.54 bits per heavy atom. The molecule has 0 spiro atoms. The summed E-state index contributed by atoms with van der Waals surface area (Å²) in [6.07, 6.45) is 2.50. The largest absolute Gasteiger partial charge is 0.459 e. The lowest BCUT2D eigenvalue weighted by atomic mass is 9.86. The van der Waals surface area contributed by atoms with Crippen molar-refractivity contribution in [3.05, 3.63) is 41.7 Å². The Morgan fingerprint density at radius 2 is 1.86 bits per heavy atom. The molecule has 0 bridgehead atoms. The summed E-state index contributed by atoms with van der Waals surface area (Å²) in [6, 6.07) is 7.26. The second kappa shape index (κ2) is 11.1. The molecule has 5 heterocycles. The van der Waals surface area contributed by atoms with E-state index in [1.165, 1.54) is 18.0 Å². The molecule has 37 heavy (non-hydrogen) atoms. The number of piperidine rings is 1. The first kappa shape index (κ1) is 25.5. The second-order valence-corrected chi connectivity index (χ2v) is 11.0. The maximum atomic E-state index is 13.7. The Kier molecular flexibility index (Phi) is 7.63. The molecule has 11 nitrogen and oxygen atoms in total. The van der Waals surface area contributed by atoms with Crippen molar-refractivity contribution < 1.29 is 18.8 Å². The van der Waals surface area contributed by atoms with Crippen LogP contribution in [0.4, 0.5) is 0 Å². The molecule has 3 amide bonds. The number of hydrogen-bond donors (Lipinski definition) is 2. The Morgan fingerprint density at radius 1 is 1.11 bits per heavy atom. The molecule has 196 valence electrons. The van der Waals surface area contributed by atoms with Gasteiger partial charge in [0.05, 0.1) is 16.9 Å². The first-order valence-electron chi connectivity index (χ1n) is 12.2. The molecule has 0 aromatic carbocycles. The highest BCUT2D eigenvalue weighted by atomic mass is 32.2. The van der Waals surface area contributed by atoms with Crippen LogP contribution < -0.4 is 10.6 Å². The molecule has 0 radical (unpaired) electrons. The number of hydrogen-bond acceptors (Lipinski definition) is 9. The number of carbonyl (C=O) groups is 3. The molecule has 2 saturated heterocycles. The number of rotatable bonds is 7. The van der Waals surface area contributed by atoms with Crippen LogP contribution in [0.3, 0.4) is 0 Å². The maximum absolute atomic E-state index is 13.7. The van der Waals surface area contributed by atoms with Gasteiger partial charge in [0.25, 0.3) is 5.91 Å². The van der Waals surface area contributed by atoms with Gasteiger partial charge in [-0.25, -0.2) is 0 Å². The van der Waals surface area contributed by atoms with Crippen LogP contribution in [0.2, 0.25) is 0 Å². The number of amides is 3. The van der Waals surface area contributed by atoms with E-state index < -0.39 is 5.54 Å². The van der Waals surface area contributed by atoms with E-state index in [1.807, 2.05) is 29.1 Å². The average molecular weight is 544 g/mol. The highest BCUT2D eigenvalue weighted by Crippen LogP contribution is 2.27. The molecule has 0 unspecified atom stereocenters. The second-order valence-electron chi connectivity index (χ2n) is 9.07. The smallest absolute Gasteiger partial charge is 0.289 e. The van der Waals surface area contributed by atoms with Crippen LogP contribution in [0.15, 0.2) is 45.5 Å². The summed E-state index contributed by atoms with van der Waals surface area (Å²) < 4.78 is 7.10. The third-order valence-electron chi connectivity index (χ3n) is 6.74. The normalized spacial score (nSPS) is 17.5. The number of carbonyl (C=O) groups excluding carboxylic acids is 3. The van der Waals surface area contributed by atoms with Gasteiger partial charge in [-0.3, -0.25) is 14.4 Å². The van der Waals surface area contributed by atoms with Gasteiger partial charge in [0, 0.05) is 33.2 Å². The highest BCUT2D eigenvalue weighted by molar-refractivity contribution is 7.99. The lowest BCUT2D eigenvalue weighted by molar-refractivity contribution is -0.144. The number of furan rings is 1. The van der Waals surface area contributed by atoms with Crippen LogP contribution in [-0.4, -0.2) is 92.8 Å². The van der Waals surface area contributed by atoms with Crippen LogP contribution >= 0.6 is 23.1 Å². The first-order chi connectivity index (χ1) is 18.0. The number of nitrogens with one attached hydrogen (secondary N) is 2. The lowest BCUT2D eigenvalue weighted by Crippen LogP contribution is -2.65. The molecule has 2 aliphatic rings. The van der Waals surface area contributed by atoms with Gasteiger partial charge < -0.3 is 29.4 Å². The third kappa shape index (κ3) is 5.43. The van der Waals surface area contributed by atoms with Crippen LogP contribution in [0.25, 0.3) is 10.7 Å². The summed E-state index contributed by atoms with van der Waals surface area (Å²) in [5, 5.41) is 17.5. The van der Waals surface area contributed by atoms with Crippen LogP contribution in [0.1, 0.15) is 23.4 Å². The van der Waals surface area contributed by atoms with Crippen molar-refractivity contribution in [1.82, 2.24) is 35.2 Å². The summed E-state index contributed by atoms with van der Waals surface area (Å²) in [6.45, 7) is 2.95. The minimum Gasteiger partial charge on any atom is -0.459 e. The minimum atomic E-state index is -0.960. The van der Waals surface area contributed by atoms with Crippen molar-refractivity contribution in [1.29, 1.82) is 0 Å². The van der Waals surface area contributed by atoms with E-state index in [0.29, 0.717) is 63.0 Å². The predicted molar refractivity (Wildman–Crippen MR) is 139 cm³/mol. The van der Waals surface area contributed by atoms with E-state index in [0.717, 1.165) is 10.7 Å². The average Bonchev–Trinajstić information content (AvgIpc) is 3.70. The molecular formula is C24H29N7O4S2. The summed E-state index contributed by atoms with van der Waals surface area (Å²) in [4.78, 5) is 43.8. The zero-order valence-corrected chi connectivity index (χ0v) is 22.1. The summed E-state index contributed by atoms with van der Waals surface area (Å²) in [5.41, 5.74) is -0.960. The predicted octanol–water partition coefficient (Wildman–Crippen LogP) is 1.45. The quantitative estimate of drug-likeness (QED) is 0.429. The fraction of sp³-hybridized carbons (Fsp3) is 0.458. The number of piperazine rings is 1. The Hall–Kier alpha value is -3.16. The van der Waals surface area contributed by atoms with Gasteiger partial charge in [0.1, 0.15) is 5.54 Å². The molecule has 2 N–H and O–H groups in total. The maximum Gasteiger partial charge on any atom is 0.289 e. The van der Waals surface area contributed by atoms with Gasteiger partial charge in [0.15, 0.2) is 16.7 Å². The zero-order chi connectivity index (χ0) is 25.8. The Bertz CT molecular complexity index is 1230. The zero-order valence-electron chi connectivity index (χ0n) is 20.5.